The van der Waals surface area contributed by atoms with Crippen LogP contribution in [0.15, 0.2) is 101 Å². The van der Waals surface area contributed by atoms with E-state index in [4.69, 9.17) is 21.9 Å². The molecule has 0 bridgehead atoms. The summed E-state index contributed by atoms with van der Waals surface area (Å²) in [6.45, 7) is 22.8. The normalized spacial score (nSPS) is 17.2. The van der Waals surface area contributed by atoms with Crippen molar-refractivity contribution in [3.8, 4) is 12.3 Å². The van der Waals surface area contributed by atoms with Gasteiger partial charge in [0.15, 0.2) is 0 Å². The molecule has 1 fully saturated rings. The summed E-state index contributed by atoms with van der Waals surface area (Å²) < 4.78 is 4.97. The first-order valence-electron chi connectivity index (χ1n) is 20.5. The molecule has 0 radical (unpaired) electrons. The monoisotopic (exact) mass is 790 g/mol. The Hall–Kier alpha value is -5.36. The van der Waals surface area contributed by atoms with Crippen molar-refractivity contribution in [1.82, 2.24) is 15.5 Å². The Morgan fingerprint density at radius 3 is 2.29 bits per heavy atom. The smallest absolute Gasteiger partial charge is 0.408 e. The number of aryl methyl sites for hydroxylation is 2. The molecule has 0 spiro atoms. The van der Waals surface area contributed by atoms with E-state index in [2.05, 4.69) is 116 Å². The van der Waals surface area contributed by atoms with Crippen LogP contribution < -0.4 is 16.4 Å². The molecule has 0 saturated carbocycles. The Morgan fingerprint density at radius 2 is 1.69 bits per heavy atom. The maximum absolute atomic E-state index is 14.1. The van der Waals surface area contributed by atoms with Gasteiger partial charge in [-0.05, 0) is 121 Å². The minimum absolute atomic E-state index is 0.135. The number of alkyl carbamates (subject to hydrolysis) is 1. The van der Waals surface area contributed by atoms with Gasteiger partial charge >= 0.3 is 6.09 Å². The zero-order valence-corrected chi connectivity index (χ0v) is 36.4. The van der Waals surface area contributed by atoms with Crippen molar-refractivity contribution in [2.75, 3.05) is 13.1 Å². The second kappa shape index (κ2) is 22.0. The first-order chi connectivity index (χ1) is 27.3. The molecule has 0 aromatic heterocycles. The minimum Gasteiger partial charge on any atom is -0.444 e. The summed E-state index contributed by atoms with van der Waals surface area (Å²) in [6.07, 6.45) is 19.2. The lowest BCUT2D eigenvalue weighted by Gasteiger charge is -2.34. The zero-order valence-electron chi connectivity index (χ0n) is 36.4. The number of benzene rings is 2. The van der Waals surface area contributed by atoms with Gasteiger partial charge in [0.2, 0.25) is 11.8 Å². The van der Waals surface area contributed by atoms with Crippen molar-refractivity contribution >= 4 is 29.7 Å². The van der Waals surface area contributed by atoms with Gasteiger partial charge in [0.25, 0.3) is 0 Å². The third-order valence-corrected chi connectivity index (χ3v) is 10.6. The van der Waals surface area contributed by atoms with Crippen LogP contribution in [-0.4, -0.2) is 53.3 Å². The number of carbonyl (C=O) groups excluding carboxylic acids is 3. The molecule has 2 aliphatic rings. The molecule has 0 aliphatic carbocycles. The fraction of sp³-hybridized carbons (Fsp3) is 0.469. The van der Waals surface area contributed by atoms with Gasteiger partial charge in [0.1, 0.15) is 17.0 Å². The summed E-state index contributed by atoms with van der Waals surface area (Å²) in [6, 6.07) is 18.9. The highest BCUT2D eigenvalue weighted by Crippen LogP contribution is 2.31. The van der Waals surface area contributed by atoms with Gasteiger partial charge in [-0.1, -0.05) is 92.7 Å². The summed E-state index contributed by atoms with van der Waals surface area (Å²) in [5.41, 5.74) is 10.1. The van der Waals surface area contributed by atoms with E-state index in [0.717, 1.165) is 73.4 Å². The fourth-order valence-corrected chi connectivity index (χ4v) is 6.74. The second-order valence-corrected chi connectivity index (χ2v) is 17.2. The summed E-state index contributed by atoms with van der Waals surface area (Å²) >= 11 is 0. The molecule has 58 heavy (non-hydrogen) atoms. The Labute approximate surface area is 348 Å². The number of rotatable bonds is 15. The van der Waals surface area contributed by atoms with Crippen LogP contribution in [0.1, 0.15) is 104 Å². The maximum Gasteiger partial charge on any atom is 0.408 e. The van der Waals surface area contributed by atoms with Crippen LogP contribution in [0, 0.1) is 42.9 Å². The average molecular weight is 790 g/mol. The van der Waals surface area contributed by atoms with Crippen molar-refractivity contribution < 1.29 is 19.1 Å². The third kappa shape index (κ3) is 15.2. The molecular weight excluding hydrogens is 723 g/mol. The van der Waals surface area contributed by atoms with E-state index >= 15 is 0 Å². The van der Waals surface area contributed by atoms with Crippen LogP contribution in [0.25, 0.3) is 5.57 Å². The van der Waals surface area contributed by atoms with E-state index in [1.165, 1.54) is 25.0 Å². The zero-order chi connectivity index (χ0) is 43.0. The standard InChI is InChI=1S/C40H49N3O.C9H18N2O3/c1-7-14-35(37-20-12-11-15-31(37)4)22-21-32(5)39(40(44)43-25-23-29(2)24-26-43)36-27-38(41-28-36)42-33(6)30(3)16-13-19-34-17-9-8-10-18-34;1-8(2,3)14-7(13)11-9(4,5)6(10)12/h1,8-12,15,17-18,20-22,27-30,36,39,42H,6,13-14,16,19,23-26H2,2-5H3;1-5H3,(H2,10,12)(H,11,13)/b32-21+,35-22+;. The number of likely N-dealkylation sites (tertiary alicyclic amines) is 1. The van der Waals surface area contributed by atoms with Crippen molar-refractivity contribution in [2.24, 2.45) is 34.4 Å². The first-order valence-corrected chi connectivity index (χ1v) is 20.5. The van der Waals surface area contributed by atoms with Gasteiger partial charge in [0, 0.05) is 37.3 Å². The van der Waals surface area contributed by atoms with Gasteiger partial charge in [-0.25, -0.2) is 9.79 Å². The van der Waals surface area contributed by atoms with Crippen molar-refractivity contribution in [2.45, 2.75) is 112 Å². The molecule has 2 heterocycles. The second-order valence-electron chi connectivity index (χ2n) is 17.2. The van der Waals surface area contributed by atoms with Crippen LogP contribution in [0.3, 0.4) is 0 Å². The van der Waals surface area contributed by atoms with Gasteiger partial charge in [-0.2, -0.15) is 0 Å². The Morgan fingerprint density at radius 1 is 1.05 bits per heavy atom. The van der Waals surface area contributed by atoms with Crippen LogP contribution >= 0.6 is 0 Å². The molecule has 2 aromatic carbocycles. The first kappa shape index (κ1) is 47.0. The number of hydrogen-bond donors (Lipinski definition) is 3. The number of primary amides is 1. The predicted octanol–water partition coefficient (Wildman–Crippen LogP) is 9.30. The topological polar surface area (TPSA) is 126 Å². The largest absolute Gasteiger partial charge is 0.444 e. The predicted molar refractivity (Wildman–Crippen MR) is 238 cm³/mol. The lowest BCUT2D eigenvalue weighted by atomic mass is 9.84. The number of piperidine rings is 1. The van der Waals surface area contributed by atoms with Crippen molar-refractivity contribution in [1.29, 1.82) is 0 Å². The Kier molecular flexibility index (Phi) is 17.8. The van der Waals surface area contributed by atoms with Gasteiger partial charge in [-0.15, -0.1) is 12.3 Å². The van der Waals surface area contributed by atoms with E-state index in [-0.39, 0.29) is 17.7 Å². The van der Waals surface area contributed by atoms with E-state index < -0.39 is 23.1 Å². The number of nitrogens with one attached hydrogen (secondary N) is 2. The van der Waals surface area contributed by atoms with Gasteiger partial charge in [-0.3, -0.25) is 9.59 Å². The minimum atomic E-state index is -1.09. The highest BCUT2D eigenvalue weighted by atomic mass is 16.6. The van der Waals surface area contributed by atoms with E-state index in [9.17, 15) is 14.4 Å². The highest BCUT2D eigenvalue weighted by molar-refractivity contribution is 5.88. The Bertz CT molecular complexity index is 1880. The molecule has 9 nitrogen and oxygen atoms in total. The molecule has 3 atom stereocenters. The number of carbonyl (C=O) groups is 3. The van der Waals surface area contributed by atoms with Crippen LogP contribution in [0.5, 0.6) is 0 Å². The number of aliphatic imine (C=N–C) groups is 1. The van der Waals surface area contributed by atoms with E-state index in [1.54, 1.807) is 20.8 Å². The highest BCUT2D eigenvalue weighted by Gasteiger charge is 2.34. The molecule has 2 aromatic rings. The van der Waals surface area contributed by atoms with Crippen molar-refractivity contribution in [3.05, 3.63) is 113 Å². The number of hydrogen-bond acceptors (Lipinski definition) is 6. The Balaban J connectivity index is 0.000000548. The van der Waals surface area contributed by atoms with Crippen LogP contribution in [0.2, 0.25) is 0 Å². The molecule has 3 amide bonds. The van der Waals surface area contributed by atoms with Crippen LogP contribution in [-0.2, 0) is 20.7 Å². The number of ether oxygens (including phenoxy) is 1. The van der Waals surface area contributed by atoms with Gasteiger partial charge < -0.3 is 26.0 Å². The molecule has 4 N–H and O–H groups in total. The molecular formula is C49H67N5O4. The fourth-order valence-electron chi connectivity index (χ4n) is 6.74. The summed E-state index contributed by atoms with van der Waals surface area (Å²) in [5, 5.41) is 5.84. The number of terminal acetylenes is 1. The number of amides is 3. The average Bonchev–Trinajstić information content (AvgIpc) is 3.61. The maximum atomic E-state index is 14.1. The van der Waals surface area contributed by atoms with E-state index in [0.29, 0.717) is 18.3 Å². The molecule has 4 rings (SSSR count). The molecule has 3 unspecified atom stereocenters. The molecule has 9 heteroatoms. The summed E-state index contributed by atoms with van der Waals surface area (Å²) in [5.74, 6) is 3.66. The molecule has 312 valence electrons. The number of nitrogens with two attached hydrogens (primary N) is 1. The third-order valence-electron chi connectivity index (χ3n) is 10.6. The molecule has 1 saturated heterocycles. The SMILES string of the molecule is C#CC/C(=C\C=C(/C)C(C(=O)N1CCC(C)CC1)C1C=NC(NC(=C)C(C)CCCc2ccccc2)=C1)c1ccccc1C.CC(C)(C)OC(=O)NC(C)(C)C(N)=O. The lowest BCUT2D eigenvalue weighted by molar-refractivity contribution is -0.136. The van der Waals surface area contributed by atoms with Gasteiger partial charge in [0.05, 0.1) is 5.92 Å². The lowest BCUT2D eigenvalue weighted by Crippen LogP contribution is -2.54. The summed E-state index contributed by atoms with van der Waals surface area (Å²) in [4.78, 5) is 43.0. The van der Waals surface area contributed by atoms with Crippen LogP contribution in [0.4, 0.5) is 4.79 Å². The van der Waals surface area contributed by atoms with Crippen molar-refractivity contribution in [3.63, 3.8) is 0 Å². The molecule has 2 aliphatic heterocycles. The quantitative estimate of drug-likeness (QED) is 0.123. The summed E-state index contributed by atoms with van der Waals surface area (Å²) in [7, 11) is 0. The van der Waals surface area contributed by atoms with E-state index in [1.807, 2.05) is 18.3 Å². The number of allylic oxidation sites excluding steroid dienone is 5. The number of nitrogens with zero attached hydrogens (tertiary/aromatic N) is 2.